The van der Waals surface area contributed by atoms with Crippen LogP contribution in [-0.4, -0.2) is 5.91 Å². The Morgan fingerprint density at radius 1 is 1.16 bits per heavy atom. The summed E-state index contributed by atoms with van der Waals surface area (Å²) in [5.74, 6) is -0.198. The van der Waals surface area contributed by atoms with Crippen LogP contribution in [0.3, 0.4) is 0 Å². The predicted molar refractivity (Wildman–Crippen MR) is 86.0 cm³/mol. The lowest BCUT2D eigenvalue weighted by molar-refractivity contribution is 0.102. The van der Waals surface area contributed by atoms with Gasteiger partial charge in [0.1, 0.15) is 0 Å². The van der Waals surface area contributed by atoms with Gasteiger partial charge in [-0.25, -0.2) is 0 Å². The minimum absolute atomic E-state index is 0.198. The maximum Gasteiger partial charge on any atom is 0.256 e. The van der Waals surface area contributed by atoms with E-state index in [4.69, 9.17) is 11.6 Å². The first-order valence-electron chi connectivity index (χ1n) is 5.50. The Morgan fingerprint density at radius 2 is 1.89 bits per heavy atom. The minimum atomic E-state index is -0.198. The van der Waals surface area contributed by atoms with Crippen LogP contribution in [0, 0.1) is 6.92 Å². The summed E-state index contributed by atoms with van der Waals surface area (Å²) in [6, 6.07) is 10.9. The van der Waals surface area contributed by atoms with Crippen molar-refractivity contribution in [1.29, 1.82) is 0 Å². The summed E-state index contributed by atoms with van der Waals surface area (Å²) in [7, 11) is 0. The van der Waals surface area contributed by atoms with Gasteiger partial charge in [0.05, 0.1) is 16.3 Å². The molecule has 2 rings (SSSR count). The number of hydrogen-bond donors (Lipinski definition) is 1. The Morgan fingerprint density at radius 3 is 2.53 bits per heavy atom. The van der Waals surface area contributed by atoms with Crippen LogP contribution >= 0.6 is 43.5 Å². The highest BCUT2D eigenvalue weighted by Gasteiger charge is 2.12. The van der Waals surface area contributed by atoms with Gasteiger partial charge in [0.25, 0.3) is 5.91 Å². The highest BCUT2D eigenvalue weighted by atomic mass is 79.9. The normalized spacial score (nSPS) is 10.3. The molecule has 0 unspecified atom stereocenters. The highest BCUT2D eigenvalue weighted by Crippen LogP contribution is 2.27. The van der Waals surface area contributed by atoms with Gasteiger partial charge in [0.15, 0.2) is 0 Å². The molecule has 0 spiro atoms. The maximum atomic E-state index is 12.2. The van der Waals surface area contributed by atoms with Crippen molar-refractivity contribution in [3.63, 3.8) is 0 Å². The fourth-order valence-electron chi connectivity index (χ4n) is 1.58. The van der Waals surface area contributed by atoms with Crippen LogP contribution < -0.4 is 5.32 Å². The Bertz CT molecular complexity index is 643. The van der Waals surface area contributed by atoms with Gasteiger partial charge < -0.3 is 5.32 Å². The van der Waals surface area contributed by atoms with Crippen LogP contribution in [0.4, 0.5) is 5.69 Å². The maximum absolute atomic E-state index is 12.2. The largest absolute Gasteiger partial charge is 0.321 e. The standard InChI is InChI=1S/C14H10Br2ClNO/c1-8-2-4-10(11(16)6-8)14(19)18-13-5-3-9(15)7-12(13)17/h2-7H,1H3,(H,18,19). The highest BCUT2D eigenvalue weighted by molar-refractivity contribution is 9.10. The molecule has 0 saturated carbocycles. The zero-order valence-electron chi connectivity index (χ0n) is 10.0. The van der Waals surface area contributed by atoms with Crippen LogP contribution in [0.1, 0.15) is 15.9 Å². The number of anilines is 1. The molecule has 0 radical (unpaired) electrons. The van der Waals surface area contributed by atoms with E-state index in [1.165, 1.54) is 0 Å². The molecule has 98 valence electrons. The molecule has 1 amide bonds. The van der Waals surface area contributed by atoms with Gasteiger partial charge >= 0.3 is 0 Å². The first-order chi connectivity index (χ1) is 8.97. The summed E-state index contributed by atoms with van der Waals surface area (Å²) in [4.78, 5) is 12.2. The van der Waals surface area contributed by atoms with Crippen LogP contribution in [0.2, 0.25) is 5.02 Å². The molecule has 0 heterocycles. The van der Waals surface area contributed by atoms with Gasteiger partial charge in [-0.05, 0) is 58.7 Å². The van der Waals surface area contributed by atoms with Gasteiger partial charge in [-0.15, -0.1) is 0 Å². The lowest BCUT2D eigenvalue weighted by Crippen LogP contribution is -2.12. The third-order valence-corrected chi connectivity index (χ3v) is 4.01. The number of aryl methyl sites for hydroxylation is 1. The van der Waals surface area contributed by atoms with Crippen molar-refractivity contribution in [2.75, 3.05) is 5.32 Å². The quantitative estimate of drug-likeness (QED) is 0.712. The molecule has 0 aromatic heterocycles. The zero-order valence-corrected chi connectivity index (χ0v) is 13.9. The average Bonchev–Trinajstić information content (AvgIpc) is 2.32. The molecular weight excluding hydrogens is 393 g/mol. The van der Waals surface area contributed by atoms with Crippen molar-refractivity contribution in [3.8, 4) is 0 Å². The van der Waals surface area contributed by atoms with E-state index < -0.39 is 0 Å². The molecule has 2 nitrogen and oxygen atoms in total. The van der Waals surface area contributed by atoms with Crippen LogP contribution in [0.5, 0.6) is 0 Å². The lowest BCUT2D eigenvalue weighted by atomic mass is 10.1. The Labute approximate surface area is 133 Å². The summed E-state index contributed by atoms with van der Waals surface area (Å²) < 4.78 is 1.63. The predicted octanol–water partition coefficient (Wildman–Crippen LogP) is 5.43. The Hall–Kier alpha value is -0.840. The van der Waals surface area contributed by atoms with Gasteiger partial charge in [0.2, 0.25) is 0 Å². The van der Waals surface area contributed by atoms with E-state index >= 15 is 0 Å². The average molecular weight is 404 g/mol. The number of rotatable bonds is 2. The molecule has 0 aliphatic rings. The molecule has 5 heteroatoms. The number of amides is 1. The number of carbonyl (C=O) groups excluding carboxylic acids is 1. The summed E-state index contributed by atoms with van der Waals surface area (Å²) in [5.41, 5.74) is 2.25. The zero-order chi connectivity index (χ0) is 14.0. The van der Waals surface area contributed by atoms with Gasteiger partial charge in [-0.3, -0.25) is 4.79 Å². The number of benzene rings is 2. The minimum Gasteiger partial charge on any atom is -0.321 e. The van der Waals surface area contributed by atoms with Crippen molar-refractivity contribution >= 4 is 55.1 Å². The lowest BCUT2D eigenvalue weighted by Gasteiger charge is -2.09. The van der Waals surface area contributed by atoms with E-state index in [-0.39, 0.29) is 5.91 Å². The number of carbonyl (C=O) groups is 1. The summed E-state index contributed by atoms with van der Waals surface area (Å²) in [6.07, 6.45) is 0. The van der Waals surface area contributed by atoms with Gasteiger partial charge in [0, 0.05) is 8.95 Å². The van der Waals surface area contributed by atoms with Crippen molar-refractivity contribution in [2.45, 2.75) is 6.92 Å². The van der Waals surface area contributed by atoms with E-state index in [0.29, 0.717) is 16.3 Å². The molecule has 2 aromatic rings. The second-order valence-corrected chi connectivity index (χ2v) is 6.24. The molecule has 0 atom stereocenters. The van der Waals surface area contributed by atoms with Crippen LogP contribution in [0.15, 0.2) is 45.3 Å². The molecule has 2 aromatic carbocycles. The van der Waals surface area contributed by atoms with Crippen molar-refractivity contribution < 1.29 is 4.79 Å². The summed E-state index contributed by atoms with van der Waals surface area (Å²) in [5, 5.41) is 3.28. The molecule has 19 heavy (non-hydrogen) atoms. The van der Waals surface area contributed by atoms with E-state index in [2.05, 4.69) is 37.2 Å². The SMILES string of the molecule is Cc1ccc(C(=O)Nc2ccc(Br)cc2Cl)c(Br)c1. The molecule has 0 bridgehead atoms. The molecule has 1 N–H and O–H groups in total. The van der Waals surface area contributed by atoms with Crippen molar-refractivity contribution in [2.24, 2.45) is 0 Å². The third kappa shape index (κ3) is 3.59. The topological polar surface area (TPSA) is 29.1 Å². The first kappa shape index (κ1) is 14.6. The van der Waals surface area contributed by atoms with Gasteiger partial charge in [-0.2, -0.15) is 0 Å². The fraction of sp³-hybridized carbons (Fsp3) is 0.0714. The molecular formula is C14H10Br2ClNO. The number of halogens is 3. The Kier molecular flexibility index (Phi) is 4.66. The van der Waals surface area contributed by atoms with E-state index in [9.17, 15) is 4.79 Å². The molecule has 0 aliphatic heterocycles. The first-order valence-corrected chi connectivity index (χ1v) is 7.46. The van der Waals surface area contributed by atoms with Gasteiger partial charge in [-0.1, -0.05) is 33.6 Å². The van der Waals surface area contributed by atoms with E-state index in [0.717, 1.165) is 14.5 Å². The van der Waals surface area contributed by atoms with Crippen LogP contribution in [-0.2, 0) is 0 Å². The number of nitrogens with one attached hydrogen (secondary N) is 1. The Balaban J connectivity index is 2.25. The smallest absolute Gasteiger partial charge is 0.256 e. The molecule has 0 saturated heterocycles. The van der Waals surface area contributed by atoms with Crippen LogP contribution in [0.25, 0.3) is 0 Å². The summed E-state index contributed by atoms with van der Waals surface area (Å²) >= 11 is 12.8. The fourth-order valence-corrected chi connectivity index (χ4v) is 2.98. The van der Waals surface area contributed by atoms with E-state index in [1.807, 2.05) is 25.1 Å². The van der Waals surface area contributed by atoms with Crippen molar-refractivity contribution in [3.05, 3.63) is 61.5 Å². The monoisotopic (exact) mass is 401 g/mol. The second-order valence-electron chi connectivity index (χ2n) is 4.06. The second kappa shape index (κ2) is 6.07. The number of hydrogen-bond acceptors (Lipinski definition) is 1. The third-order valence-electron chi connectivity index (χ3n) is 2.55. The van der Waals surface area contributed by atoms with Crippen molar-refractivity contribution in [1.82, 2.24) is 0 Å². The molecule has 0 fully saturated rings. The van der Waals surface area contributed by atoms with E-state index in [1.54, 1.807) is 18.2 Å². The molecule has 0 aliphatic carbocycles. The summed E-state index contributed by atoms with van der Waals surface area (Å²) in [6.45, 7) is 1.97.